The molecule has 3 nitrogen and oxygen atoms in total. The molecule has 0 aliphatic rings. The van der Waals surface area contributed by atoms with Crippen molar-refractivity contribution in [1.82, 2.24) is 0 Å². The molecule has 1 atom stereocenters. The standard InChI is InChI=1S/C22H46O3/c1-3-5-6-7-8-9-10-11-12-13-14-15-16-17-19-24-20-18-21-25-22(23)4-2/h22-23H,3-21H2,1-2H3. The van der Waals surface area contributed by atoms with Crippen LogP contribution in [-0.2, 0) is 9.47 Å². The highest BCUT2D eigenvalue weighted by molar-refractivity contribution is 4.49. The Morgan fingerprint density at radius 2 is 1.00 bits per heavy atom. The first kappa shape index (κ1) is 24.9. The van der Waals surface area contributed by atoms with Gasteiger partial charge in [0.1, 0.15) is 0 Å². The Morgan fingerprint density at radius 3 is 1.48 bits per heavy atom. The lowest BCUT2D eigenvalue weighted by molar-refractivity contribution is -0.104. The first-order chi connectivity index (χ1) is 12.3. The maximum Gasteiger partial charge on any atom is 0.154 e. The molecule has 0 spiro atoms. The lowest BCUT2D eigenvalue weighted by atomic mass is 10.0. The second-order valence-electron chi connectivity index (χ2n) is 7.30. The smallest absolute Gasteiger partial charge is 0.154 e. The Labute approximate surface area is 157 Å². The quantitative estimate of drug-likeness (QED) is 0.185. The van der Waals surface area contributed by atoms with E-state index < -0.39 is 6.29 Å². The van der Waals surface area contributed by atoms with Crippen molar-refractivity contribution in [1.29, 1.82) is 0 Å². The number of unbranched alkanes of at least 4 members (excludes halogenated alkanes) is 13. The molecule has 0 heterocycles. The SMILES string of the molecule is CCCCCCCCCCCCCCCCOCCCOC(O)CC. The second kappa shape index (κ2) is 21.9. The summed E-state index contributed by atoms with van der Waals surface area (Å²) in [7, 11) is 0. The van der Waals surface area contributed by atoms with Gasteiger partial charge in [0.05, 0.1) is 6.61 Å². The van der Waals surface area contributed by atoms with Crippen molar-refractivity contribution >= 4 is 0 Å². The third-order valence-corrected chi connectivity index (χ3v) is 4.73. The van der Waals surface area contributed by atoms with Crippen LogP contribution < -0.4 is 0 Å². The molecule has 3 heteroatoms. The molecule has 25 heavy (non-hydrogen) atoms. The third-order valence-electron chi connectivity index (χ3n) is 4.73. The molecule has 1 N–H and O–H groups in total. The van der Waals surface area contributed by atoms with E-state index in [1.807, 2.05) is 6.92 Å². The molecule has 0 saturated heterocycles. The van der Waals surface area contributed by atoms with Gasteiger partial charge >= 0.3 is 0 Å². The van der Waals surface area contributed by atoms with Crippen molar-refractivity contribution < 1.29 is 14.6 Å². The fraction of sp³-hybridized carbons (Fsp3) is 1.00. The predicted molar refractivity (Wildman–Crippen MR) is 108 cm³/mol. The van der Waals surface area contributed by atoms with Crippen molar-refractivity contribution in [2.45, 2.75) is 123 Å². The third kappa shape index (κ3) is 21.8. The number of aliphatic hydroxyl groups excluding tert-OH is 1. The van der Waals surface area contributed by atoms with Gasteiger partial charge in [-0.15, -0.1) is 0 Å². The molecule has 0 rings (SSSR count). The van der Waals surface area contributed by atoms with Crippen LogP contribution >= 0.6 is 0 Å². The fourth-order valence-corrected chi connectivity index (χ4v) is 3.00. The summed E-state index contributed by atoms with van der Waals surface area (Å²) in [6, 6.07) is 0. The Kier molecular flexibility index (Phi) is 21.8. The molecule has 0 bridgehead atoms. The van der Waals surface area contributed by atoms with E-state index in [1.54, 1.807) is 0 Å². The molecule has 1 unspecified atom stereocenters. The summed E-state index contributed by atoms with van der Waals surface area (Å²) in [5.41, 5.74) is 0. The van der Waals surface area contributed by atoms with Crippen LogP contribution in [0.25, 0.3) is 0 Å². The van der Waals surface area contributed by atoms with Crippen LogP contribution in [0.4, 0.5) is 0 Å². The van der Waals surface area contributed by atoms with E-state index in [-0.39, 0.29) is 0 Å². The first-order valence-corrected chi connectivity index (χ1v) is 11.2. The predicted octanol–water partition coefficient (Wildman–Crippen LogP) is 6.62. The minimum atomic E-state index is -0.606. The molecular weight excluding hydrogens is 312 g/mol. The monoisotopic (exact) mass is 358 g/mol. The number of rotatable bonds is 21. The zero-order valence-corrected chi connectivity index (χ0v) is 17.3. The lowest BCUT2D eigenvalue weighted by Gasteiger charge is -2.09. The molecule has 0 aromatic rings. The molecule has 0 aliphatic carbocycles. The van der Waals surface area contributed by atoms with E-state index in [0.29, 0.717) is 13.0 Å². The number of hydrogen-bond acceptors (Lipinski definition) is 3. The maximum absolute atomic E-state index is 9.24. The molecule has 152 valence electrons. The van der Waals surface area contributed by atoms with Crippen LogP contribution in [0.5, 0.6) is 0 Å². The molecule has 0 amide bonds. The zero-order chi connectivity index (χ0) is 18.4. The number of aliphatic hydroxyl groups is 1. The van der Waals surface area contributed by atoms with Gasteiger partial charge in [0, 0.05) is 13.2 Å². The number of ether oxygens (including phenoxy) is 2. The van der Waals surface area contributed by atoms with Crippen LogP contribution in [0.15, 0.2) is 0 Å². The fourth-order valence-electron chi connectivity index (χ4n) is 3.00. The summed E-state index contributed by atoms with van der Waals surface area (Å²) in [6.45, 7) is 6.40. The van der Waals surface area contributed by atoms with Gasteiger partial charge in [-0.3, -0.25) is 0 Å². The summed E-state index contributed by atoms with van der Waals surface area (Å²) in [5.74, 6) is 0. The summed E-state index contributed by atoms with van der Waals surface area (Å²) < 4.78 is 10.8. The van der Waals surface area contributed by atoms with Crippen LogP contribution in [0.2, 0.25) is 0 Å². The largest absolute Gasteiger partial charge is 0.381 e. The first-order valence-electron chi connectivity index (χ1n) is 11.2. The van der Waals surface area contributed by atoms with Crippen LogP contribution in [0.3, 0.4) is 0 Å². The van der Waals surface area contributed by atoms with Gasteiger partial charge in [-0.2, -0.15) is 0 Å². The summed E-state index contributed by atoms with van der Waals surface area (Å²) in [4.78, 5) is 0. The van der Waals surface area contributed by atoms with Crippen molar-refractivity contribution in [2.24, 2.45) is 0 Å². The summed E-state index contributed by atoms with van der Waals surface area (Å²) in [6.07, 6.45) is 20.4. The molecule has 0 aromatic carbocycles. The average Bonchev–Trinajstić information content (AvgIpc) is 2.63. The summed E-state index contributed by atoms with van der Waals surface area (Å²) in [5, 5.41) is 9.24. The van der Waals surface area contributed by atoms with Crippen molar-refractivity contribution in [3.63, 3.8) is 0 Å². The Hall–Kier alpha value is -0.120. The van der Waals surface area contributed by atoms with Crippen LogP contribution in [-0.4, -0.2) is 31.2 Å². The maximum atomic E-state index is 9.24. The van der Waals surface area contributed by atoms with E-state index in [4.69, 9.17) is 9.47 Å². The van der Waals surface area contributed by atoms with E-state index in [2.05, 4.69) is 6.92 Å². The van der Waals surface area contributed by atoms with Gasteiger partial charge < -0.3 is 14.6 Å². The Balaban J connectivity index is 2.98. The lowest BCUT2D eigenvalue weighted by Crippen LogP contribution is -2.12. The number of hydrogen-bond donors (Lipinski definition) is 1. The molecular formula is C22H46O3. The minimum Gasteiger partial charge on any atom is -0.381 e. The van der Waals surface area contributed by atoms with Gasteiger partial charge in [-0.05, 0) is 19.3 Å². The van der Waals surface area contributed by atoms with Gasteiger partial charge in [-0.25, -0.2) is 0 Å². The van der Waals surface area contributed by atoms with Crippen LogP contribution in [0.1, 0.15) is 117 Å². The van der Waals surface area contributed by atoms with Gasteiger partial charge in [-0.1, -0.05) is 97.3 Å². The average molecular weight is 359 g/mol. The highest BCUT2D eigenvalue weighted by Crippen LogP contribution is 2.12. The van der Waals surface area contributed by atoms with Gasteiger partial charge in [0.25, 0.3) is 0 Å². The molecule has 0 aliphatic heterocycles. The normalized spacial score (nSPS) is 12.6. The molecule has 0 aromatic heterocycles. The Morgan fingerprint density at radius 1 is 0.560 bits per heavy atom. The van der Waals surface area contributed by atoms with Gasteiger partial charge in [0.2, 0.25) is 0 Å². The molecule has 0 fully saturated rings. The van der Waals surface area contributed by atoms with Crippen LogP contribution in [0, 0.1) is 0 Å². The minimum absolute atomic E-state index is 0.591. The summed E-state index contributed by atoms with van der Waals surface area (Å²) >= 11 is 0. The van der Waals surface area contributed by atoms with Crippen molar-refractivity contribution in [3.05, 3.63) is 0 Å². The topological polar surface area (TPSA) is 38.7 Å². The zero-order valence-electron chi connectivity index (χ0n) is 17.3. The highest BCUT2D eigenvalue weighted by Gasteiger charge is 1.99. The van der Waals surface area contributed by atoms with E-state index in [0.717, 1.165) is 19.6 Å². The van der Waals surface area contributed by atoms with Crippen molar-refractivity contribution in [3.8, 4) is 0 Å². The molecule has 0 radical (unpaired) electrons. The highest BCUT2D eigenvalue weighted by atomic mass is 16.6. The van der Waals surface area contributed by atoms with E-state index in [9.17, 15) is 5.11 Å². The van der Waals surface area contributed by atoms with Gasteiger partial charge in [0.15, 0.2) is 6.29 Å². The molecule has 0 saturated carbocycles. The Bertz CT molecular complexity index is 233. The van der Waals surface area contributed by atoms with E-state index in [1.165, 1.54) is 89.9 Å². The second-order valence-corrected chi connectivity index (χ2v) is 7.30. The van der Waals surface area contributed by atoms with Crippen molar-refractivity contribution in [2.75, 3.05) is 19.8 Å². The van der Waals surface area contributed by atoms with E-state index >= 15 is 0 Å².